The van der Waals surface area contributed by atoms with Gasteiger partial charge in [-0.25, -0.2) is 9.67 Å². The van der Waals surface area contributed by atoms with Crippen molar-refractivity contribution in [1.82, 2.24) is 24.6 Å². The molecule has 1 aliphatic carbocycles. The van der Waals surface area contributed by atoms with Gasteiger partial charge >= 0.3 is 0 Å². The number of rotatable bonds is 4. The van der Waals surface area contributed by atoms with E-state index in [0.29, 0.717) is 12.5 Å². The molecule has 1 aromatic heterocycles. The van der Waals surface area contributed by atoms with E-state index in [9.17, 15) is 4.79 Å². The Balaban J connectivity index is 1.27. The molecule has 1 aromatic carbocycles. The van der Waals surface area contributed by atoms with E-state index >= 15 is 0 Å². The number of carbonyl (C=O) groups excluding carboxylic acids is 1. The maximum absolute atomic E-state index is 13.1. The number of hydrogen-bond donors (Lipinski definition) is 0. The summed E-state index contributed by atoms with van der Waals surface area (Å²) in [7, 11) is 0. The predicted molar refractivity (Wildman–Crippen MR) is 107 cm³/mol. The van der Waals surface area contributed by atoms with E-state index in [-0.39, 0.29) is 11.9 Å². The van der Waals surface area contributed by atoms with Crippen molar-refractivity contribution in [2.24, 2.45) is 0 Å². The molecule has 0 spiro atoms. The molecule has 0 radical (unpaired) electrons. The molecule has 1 saturated carbocycles. The van der Waals surface area contributed by atoms with E-state index < -0.39 is 0 Å². The molecule has 2 fully saturated rings. The van der Waals surface area contributed by atoms with Gasteiger partial charge in [0.25, 0.3) is 5.91 Å². The van der Waals surface area contributed by atoms with Crippen LogP contribution in [0.15, 0.2) is 24.3 Å². The highest BCUT2D eigenvalue weighted by Crippen LogP contribution is 2.39. The number of likely N-dealkylation sites (tertiary alicyclic amines) is 1. The monoisotopic (exact) mass is 379 g/mol. The lowest BCUT2D eigenvalue weighted by Crippen LogP contribution is -2.41. The van der Waals surface area contributed by atoms with E-state index in [1.165, 1.54) is 50.8 Å². The van der Waals surface area contributed by atoms with Gasteiger partial charge in [0.15, 0.2) is 5.82 Å². The first-order valence-corrected chi connectivity index (χ1v) is 10.8. The van der Waals surface area contributed by atoms with E-state index in [1.54, 1.807) is 0 Å². The van der Waals surface area contributed by atoms with Gasteiger partial charge in [0.2, 0.25) is 0 Å². The van der Waals surface area contributed by atoms with E-state index in [1.807, 2.05) is 21.7 Å². The van der Waals surface area contributed by atoms with Crippen molar-refractivity contribution in [3.63, 3.8) is 0 Å². The van der Waals surface area contributed by atoms with Crippen LogP contribution in [0.1, 0.15) is 78.6 Å². The van der Waals surface area contributed by atoms with Crippen molar-refractivity contribution >= 4 is 5.91 Å². The second-order valence-corrected chi connectivity index (χ2v) is 8.53. The number of fused-ring (bicyclic) bond motifs is 1. The van der Waals surface area contributed by atoms with Crippen LogP contribution in [0.25, 0.3) is 0 Å². The number of hydrogen-bond acceptors (Lipinski definition) is 4. The third-order valence-corrected chi connectivity index (χ3v) is 6.37. The predicted octanol–water partition coefficient (Wildman–Crippen LogP) is 3.36. The first-order chi connectivity index (χ1) is 13.7. The molecule has 2 aliphatic heterocycles. The summed E-state index contributed by atoms with van der Waals surface area (Å²) in [6, 6.07) is 8.18. The van der Waals surface area contributed by atoms with Crippen molar-refractivity contribution in [3.8, 4) is 0 Å². The van der Waals surface area contributed by atoms with Gasteiger partial charge in [-0.2, -0.15) is 5.10 Å². The first-order valence-electron chi connectivity index (χ1n) is 10.8. The summed E-state index contributed by atoms with van der Waals surface area (Å²) >= 11 is 0. The van der Waals surface area contributed by atoms with Gasteiger partial charge in [0, 0.05) is 24.6 Å². The van der Waals surface area contributed by atoms with Crippen molar-refractivity contribution in [2.45, 2.75) is 64.1 Å². The summed E-state index contributed by atoms with van der Waals surface area (Å²) in [5, 5.41) is 4.66. The standard InChI is InChI=1S/C22H29N5O/c1-16-21-23-20(18-9-10-18)24-27(21)14-13-26(16)22(28)19-7-5-17(6-8-19)15-25-11-3-2-4-12-25/h5-8,16,18H,2-4,9-15H2,1H3/t16-/m1/s1. The fourth-order valence-corrected chi connectivity index (χ4v) is 4.47. The van der Waals surface area contributed by atoms with Gasteiger partial charge in [-0.15, -0.1) is 0 Å². The minimum Gasteiger partial charge on any atom is -0.327 e. The molecule has 1 atom stereocenters. The second-order valence-electron chi connectivity index (χ2n) is 8.53. The highest BCUT2D eigenvalue weighted by Gasteiger charge is 2.34. The number of nitrogens with zero attached hydrogens (tertiary/aromatic N) is 5. The summed E-state index contributed by atoms with van der Waals surface area (Å²) in [5.41, 5.74) is 2.06. The fraction of sp³-hybridized carbons (Fsp3) is 0.591. The van der Waals surface area contributed by atoms with Crippen molar-refractivity contribution in [1.29, 1.82) is 0 Å². The molecular weight excluding hydrogens is 350 g/mol. The van der Waals surface area contributed by atoms with Crippen LogP contribution in [0.3, 0.4) is 0 Å². The third-order valence-electron chi connectivity index (χ3n) is 6.37. The normalized spacial score (nSPS) is 22.9. The zero-order valence-corrected chi connectivity index (χ0v) is 16.7. The van der Waals surface area contributed by atoms with Gasteiger partial charge in [-0.05, 0) is 63.4 Å². The highest BCUT2D eigenvalue weighted by atomic mass is 16.2. The van der Waals surface area contributed by atoms with Crippen molar-refractivity contribution in [2.75, 3.05) is 19.6 Å². The summed E-state index contributed by atoms with van der Waals surface area (Å²) in [4.78, 5) is 22.3. The summed E-state index contributed by atoms with van der Waals surface area (Å²) in [6.45, 7) is 6.86. The molecule has 6 nitrogen and oxygen atoms in total. The van der Waals surface area contributed by atoms with Crippen molar-refractivity contribution < 1.29 is 4.79 Å². The lowest BCUT2D eigenvalue weighted by Gasteiger charge is -2.33. The fourth-order valence-electron chi connectivity index (χ4n) is 4.47. The lowest BCUT2D eigenvalue weighted by atomic mass is 10.1. The van der Waals surface area contributed by atoms with Crippen LogP contribution >= 0.6 is 0 Å². The largest absolute Gasteiger partial charge is 0.327 e. The molecule has 2 aromatic rings. The van der Waals surface area contributed by atoms with Gasteiger partial charge in [-0.3, -0.25) is 9.69 Å². The van der Waals surface area contributed by atoms with Gasteiger partial charge in [0.1, 0.15) is 5.82 Å². The zero-order chi connectivity index (χ0) is 19.1. The SMILES string of the molecule is C[C@@H]1c2nc(C3CC3)nn2CCN1C(=O)c1ccc(CN2CCCCC2)cc1. The number of benzene rings is 1. The third kappa shape index (κ3) is 3.46. The summed E-state index contributed by atoms with van der Waals surface area (Å²) < 4.78 is 2.00. The van der Waals surface area contributed by atoms with Crippen LogP contribution in [0, 0.1) is 0 Å². The van der Waals surface area contributed by atoms with Crippen molar-refractivity contribution in [3.05, 3.63) is 47.0 Å². The molecule has 3 heterocycles. The molecular formula is C22H29N5O. The number of amides is 1. The number of carbonyl (C=O) groups is 1. The Morgan fingerprint density at radius 1 is 1.04 bits per heavy atom. The van der Waals surface area contributed by atoms with E-state index in [4.69, 9.17) is 4.98 Å². The summed E-state index contributed by atoms with van der Waals surface area (Å²) in [5.74, 6) is 2.54. The molecule has 148 valence electrons. The maximum Gasteiger partial charge on any atom is 0.254 e. The Hall–Kier alpha value is -2.21. The quantitative estimate of drug-likeness (QED) is 0.817. The van der Waals surface area contributed by atoms with Gasteiger partial charge in [-0.1, -0.05) is 18.6 Å². The number of piperidine rings is 1. The number of aromatic nitrogens is 3. The molecule has 0 unspecified atom stereocenters. The molecule has 5 rings (SSSR count). The molecule has 1 amide bonds. The molecule has 1 saturated heterocycles. The topological polar surface area (TPSA) is 54.3 Å². The first kappa shape index (κ1) is 17.9. The maximum atomic E-state index is 13.1. The van der Waals surface area contributed by atoms with E-state index in [0.717, 1.165) is 30.3 Å². The Kier molecular flexibility index (Phi) is 4.67. The second kappa shape index (κ2) is 7.32. The molecule has 28 heavy (non-hydrogen) atoms. The van der Waals surface area contributed by atoms with Crippen LogP contribution in [0.2, 0.25) is 0 Å². The summed E-state index contributed by atoms with van der Waals surface area (Å²) in [6.07, 6.45) is 6.36. The van der Waals surface area contributed by atoms with Gasteiger partial charge < -0.3 is 4.90 Å². The van der Waals surface area contributed by atoms with Crippen LogP contribution in [0.4, 0.5) is 0 Å². The van der Waals surface area contributed by atoms with Gasteiger partial charge in [0.05, 0.1) is 12.6 Å². The molecule has 0 bridgehead atoms. The minimum absolute atomic E-state index is 0.0331. The van der Waals surface area contributed by atoms with Crippen LogP contribution in [-0.2, 0) is 13.1 Å². The smallest absolute Gasteiger partial charge is 0.254 e. The molecule has 0 N–H and O–H groups in total. The highest BCUT2D eigenvalue weighted by molar-refractivity contribution is 5.94. The average Bonchev–Trinajstić information content (AvgIpc) is 3.48. The van der Waals surface area contributed by atoms with Crippen LogP contribution in [0.5, 0.6) is 0 Å². The minimum atomic E-state index is -0.0331. The zero-order valence-electron chi connectivity index (χ0n) is 16.7. The lowest BCUT2D eigenvalue weighted by molar-refractivity contribution is 0.0630. The Morgan fingerprint density at radius 3 is 2.50 bits per heavy atom. The van der Waals surface area contributed by atoms with Crippen LogP contribution in [-0.4, -0.2) is 50.1 Å². The Morgan fingerprint density at radius 2 is 1.79 bits per heavy atom. The molecule has 6 heteroatoms. The van der Waals surface area contributed by atoms with E-state index in [2.05, 4.69) is 29.1 Å². The Labute approximate surface area is 166 Å². The Bertz CT molecular complexity index is 848. The van der Waals surface area contributed by atoms with Crippen LogP contribution < -0.4 is 0 Å². The molecule has 3 aliphatic rings. The average molecular weight is 380 g/mol.